The number of aromatic hydroxyl groups is 1. The Labute approximate surface area is 340 Å². The van der Waals surface area contributed by atoms with Crippen molar-refractivity contribution in [3.8, 4) is 44.9 Å². The van der Waals surface area contributed by atoms with Gasteiger partial charge >= 0.3 is 0 Å². The number of phenols is 1. The molecule has 0 bridgehead atoms. The van der Waals surface area contributed by atoms with Crippen LogP contribution in [0.15, 0.2) is 103 Å². The van der Waals surface area contributed by atoms with E-state index in [1.165, 1.54) is 68.9 Å². The molecule has 0 atom stereocenters. The van der Waals surface area contributed by atoms with Crippen LogP contribution in [0.3, 0.4) is 0 Å². The molecule has 1 fully saturated rings. The summed E-state index contributed by atoms with van der Waals surface area (Å²) in [5.74, 6) is 0.709. The Balaban J connectivity index is 1.01. The third-order valence-electron chi connectivity index (χ3n) is 12.6. The largest absolute Gasteiger partial charge is 0.507 e. The van der Waals surface area contributed by atoms with Crippen LogP contribution in [0.25, 0.3) is 44.2 Å². The van der Waals surface area contributed by atoms with Gasteiger partial charge in [-0.2, -0.15) is 0 Å². The molecular weight excluding hydrogens is 733 g/mol. The standard InChI is InChI=1S/C50H49Cl2NO3/c1-5-6-8-23-50(24-9-7-10-25-50)35-19-15-32(16-20-35)31-11-13-34(14-12-31)48(55)53-37-21-17-33(18-22-37)38-28-39-41(30-45(38)56-4)49(2,3)42-29-44(54)47-40(46(39)42)26-36(51)27-43(47)52/h11-22,26-30,54H,5-10,23-25H2,1-4H3,(H,53,55). The molecule has 56 heavy (non-hydrogen) atoms. The highest BCUT2D eigenvalue weighted by atomic mass is 35.5. The Morgan fingerprint density at radius 3 is 2.09 bits per heavy atom. The fourth-order valence-corrected chi connectivity index (χ4v) is 10.1. The summed E-state index contributed by atoms with van der Waals surface area (Å²) in [5, 5.41) is 16.5. The molecule has 6 aromatic rings. The lowest BCUT2D eigenvalue weighted by molar-refractivity contribution is 0.102. The number of rotatable bonds is 10. The summed E-state index contributed by atoms with van der Waals surface area (Å²) in [6, 6.07) is 34.5. The number of carbonyl (C=O) groups is 1. The van der Waals surface area contributed by atoms with E-state index in [1.54, 1.807) is 13.2 Å². The second-order valence-corrected chi connectivity index (χ2v) is 17.2. The van der Waals surface area contributed by atoms with Crippen molar-refractivity contribution < 1.29 is 14.6 Å². The molecule has 286 valence electrons. The fraction of sp³-hybridized carbons (Fsp3) is 0.300. The van der Waals surface area contributed by atoms with E-state index in [4.69, 9.17) is 27.9 Å². The van der Waals surface area contributed by atoms with Gasteiger partial charge in [0.25, 0.3) is 5.91 Å². The van der Waals surface area contributed by atoms with Gasteiger partial charge in [0.15, 0.2) is 0 Å². The summed E-state index contributed by atoms with van der Waals surface area (Å²) in [5.41, 5.74) is 11.0. The predicted octanol–water partition coefficient (Wildman–Crippen LogP) is 14.5. The number of carbonyl (C=O) groups excluding carboxylic acids is 1. The van der Waals surface area contributed by atoms with E-state index in [0.29, 0.717) is 32.1 Å². The number of amides is 1. The first-order chi connectivity index (χ1) is 27.0. The Hall–Kier alpha value is -4.77. The van der Waals surface area contributed by atoms with Crippen LogP contribution in [0.5, 0.6) is 11.5 Å². The summed E-state index contributed by atoms with van der Waals surface area (Å²) in [4.78, 5) is 13.4. The number of unbranched alkanes of at least 4 members (excludes halogenated alkanes) is 2. The number of anilines is 1. The van der Waals surface area contributed by atoms with E-state index in [0.717, 1.165) is 50.1 Å². The van der Waals surface area contributed by atoms with Crippen molar-refractivity contribution in [2.45, 2.75) is 89.4 Å². The van der Waals surface area contributed by atoms with Gasteiger partial charge in [-0.3, -0.25) is 4.79 Å². The monoisotopic (exact) mass is 781 g/mol. The lowest BCUT2D eigenvalue weighted by Crippen LogP contribution is -2.29. The van der Waals surface area contributed by atoms with E-state index in [2.05, 4.69) is 62.5 Å². The average Bonchev–Trinajstić information content (AvgIpc) is 3.42. The molecule has 4 nitrogen and oxygen atoms in total. The van der Waals surface area contributed by atoms with Gasteiger partial charge in [0.1, 0.15) is 11.5 Å². The molecule has 6 heteroatoms. The molecule has 1 amide bonds. The van der Waals surface area contributed by atoms with E-state index < -0.39 is 5.41 Å². The fourth-order valence-electron chi connectivity index (χ4n) is 9.48. The zero-order valence-corrected chi connectivity index (χ0v) is 34.2. The van der Waals surface area contributed by atoms with Crippen LogP contribution in [0.2, 0.25) is 10.0 Å². The molecule has 0 aromatic heterocycles. The first-order valence-corrected chi connectivity index (χ1v) is 20.8. The lowest BCUT2D eigenvalue weighted by Gasteiger charge is -2.38. The maximum Gasteiger partial charge on any atom is 0.255 e. The topological polar surface area (TPSA) is 58.6 Å². The number of benzene rings is 6. The molecule has 2 aliphatic carbocycles. The third kappa shape index (κ3) is 6.86. The van der Waals surface area contributed by atoms with Crippen LogP contribution in [-0.2, 0) is 10.8 Å². The van der Waals surface area contributed by atoms with Gasteiger partial charge in [-0.05, 0) is 129 Å². The molecule has 0 heterocycles. The Bertz CT molecular complexity index is 2430. The average molecular weight is 783 g/mol. The third-order valence-corrected chi connectivity index (χ3v) is 13.1. The van der Waals surface area contributed by atoms with Crippen molar-refractivity contribution in [3.63, 3.8) is 0 Å². The number of hydrogen-bond acceptors (Lipinski definition) is 3. The van der Waals surface area contributed by atoms with Crippen LogP contribution >= 0.6 is 23.2 Å². The van der Waals surface area contributed by atoms with Gasteiger partial charge in [0, 0.05) is 32.6 Å². The van der Waals surface area contributed by atoms with Gasteiger partial charge in [0.05, 0.1) is 12.1 Å². The zero-order chi connectivity index (χ0) is 39.2. The Morgan fingerprint density at radius 1 is 0.768 bits per heavy atom. The molecular formula is C50H49Cl2NO3. The number of nitrogens with one attached hydrogen (secondary N) is 1. The van der Waals surface area contributed by atoms with Crippen LogP contribution < -0.4 is 10.1 Å². The smallest absolute Gasteiger partial charge is 0.255 e. The summed E-state index contributed by atoms with van der Waals surface area (Å²) >= 11 is 13.1. The SMILES string of the molecule is CCCCCC1(c2ccc(-c3ccc(C(=O)Nc4ccc(-c5cc6c(cc5OC)C(C)(C)c5cc(O)c7c(Cl)cc(Cl)cc7c5-6)cc4)cc3)cc2)CCCCC1. The minimum Gasteiger partial charge on any atom is -0.507 e. The zero-order valence-electron chi connectivity index (χ0n) is 32.7. The Morgan fingerprint density at radius 2 is 1.43 bits per heavy atom. The second-order valence-electron chi connectivity index (χ2n) is 16.3. The summed E-state index contributed by atoms with van der Waals surface area (Å²) in [6.45, 7) is 6.59. The van der Waals surface area contributed by atoms with Crippen molar-refractivity contribution in [3.05, 3.63) is 135 Å². The molecule has 0 aliphatic heterocycles. The van der Waals surface area contributed by atoms with Crippen molar-refractivity contribution >= 4 is 45.6 Å². The molecule has 0 saturated heterocycles. The molecule has 8 rings (SSSR count). The highest BCUT2D eigenvalue weighted by Crippen LogP contribution is 2.56. The molecule has 2 aliphatic rings. The molecule has 1 saturated carbocycles. The molecule has 0 unspecified atom stereocenters. The molecule has 2 N–H and O–H groups in total. The first-order valence-electron chi connectivity index (χ1n) is 20.0. The van der Waals surface area contributed by atoms with Crippen molar-refractivity contribution in [1.82, 2.24) is 0 Å². The van der Waals surface area contributed by atoms with Crippen LogP contribution in [0.1, 0.15) is 106 Å². The van der Waals surface area contributed by atoms with Crippen LogP contribution in [0.4, 0.5) is 5.69 Å². The highest BCUT2D eigenvalue weighted by Gasteiger charge is 2.39. The summed E-state index contributed by atoms with van der Waals surface area (Å²) < 4.78 is 5.96. The van der Waals surface area contributed by atoms with Gasteiger partial charge < -0.3 is 15.2 Å². The molecule has 0 spiro atoms. The van der Waals surface area contributed by atoms with E-state index >= 15 is 0 Å². The summed E-state index contributed by atoms with van der Waals surface area (Å²) in [7, 11) is 1.68. The minimum atomic E-state index is -0.403. The predicted molar refractivity (Wildman–Crippen MR) is 234 cm³/mol. The molecule has 6 aromatic carbocycles. The van der Waals surface area contributed by atoms with Crippen molar-refractivity contribution in [1.29, 1.82) is 0 Å². The van der Waals surface area contributed by atoms with Gasteiger partial charge in [-0.1, -0.05) is 131 Å². The number of ether oxygens (including phenoxy) is 1. The van der Waals surface area contributed by atoms with Crippen molar-refractivity contribution in [2.24, 2.45) is 0 Å². The quantitative estimate of drug-likeness (QED) is 0.136. The number of halogens is 2. The van der Waals surface area contributed by atoms with Gasteiger partial charge in [-0.25, -0.2) is 0 Å². The van der Waals surface area contributed by atoms with Gasteiger partial charge in [0.2, 0.25) is 0 Å². The molecule has 0 radical (unpaired) electrons. The lowest BCUT2D eigenvalue weighted by atomic mass is 9.66. The van der Waals surface area contributed by atoms with Crippen LogP contribution in [0, 0.1) is 0 Å². The highest BCUT2D eigenvalue weighted by molar-refractivity contribution is 6.39. The van der Waals surface area contributed by atoms with Gasteiger partial charge in [-0.15, -0.1) is 0 Å². The van der Waals surface area contributed by atoms with E-state index in [-0.39, 0.29) is 11.7 Å². The number of methoxy groups -OCH3 is 1. The maximum absolute atomic E-state index is 13.4. The Kier molecular flexibility index (Phi) is 10.4. The van der Waals surface area contributed by atoms with Crippen LogP contribution in [-0.4, -0.2) is 18.1 Å². The summed E-state index contributed by atoms with van der Waals surface area (Å²) in [6.07, 6.45) is 11.8. The minimum absolute atomic E-state index is 0.132. The first kappa shape index (κ1) is 38.1. The van der Waals surface area contributed by atoms with E-state index in [1.807, 2.05) is 60.7 Å². The number of hydrogen-bond donors (Lipinski definition) is 2. The second kappa shape index (κ2) is 15.3. The number of fused-ring (bicyclic) bond motifs is 5. The normalized spacial score (nSPS) is 15.3. The van der Waals surface area contributed by atoms with Crippen molar-refractivity contribution in [2.75, 3.05) is 12.4 Å². The van der Waals surface area contributed by atoms with E-state index in [9.17, 15) is 9.90 Å². The maximum atomic E-state index is 13.4. The number of phenolic OH excluding ortho intramolecular Hbond substituents is 1.